The highest BCUT2D eigenvalue weighted by atomic mass is 32.1. The second-order valence-corrected chi connectivity index (χ2v) is 8.30. The summed E-state index contributed by atoms with van der Waals surface area (Å²) in [5.74, 6) is -1.55. The van der Waals surface area contributed by atoms with Gasteiger partial charge in [0.25, 0.3) is 5.91 Å². The van der Waals surface area contributed by atoms with Crippen molar-refractivity contribution in [2.24, 2.45) is 5.92 Å². The van der Waals surface area contributed by atoms with Crippen molar-refractivity contribution in [2.45, 2.75) is 38.3 Å². The number of aryl methyl sites for hydroxylation is 1. The van der Waals surface area contributed by atoms with Crippen molar-refractivity contribution in [1.82, 2.24) is 5.32 Å². The predicted octanol–water partition coefficient (Wildman–Crippen LogP) is 2.97. The van der Waals surface area contributed by atoms with Crippen molar-refractivity contribution in [3.63, 3.8) is 0 Å². The second-order valence-electron chi connectivity index (χ2n) is 7.32. The maximum Gasteiger partial charge on any atom is 0.312 e. The largest absolute Gasteiger partial charge is 0.455 e. The van der Waals surface area contributed by atoms with Crippen LogP contribution in [0.5, 0.6) is 0 Å². The number of rotatable bonds is 6. The Morgan fingerprint density at radius 1 is 1.21 bits per heavy atom. The maximum absolute atomic E-state index is 12.8. The van der Waals surface area contributed by atoms with E-state index in [-0.39, 0.29) is 30.9 Å². The minimum atomic E-state index is -0.638. The number of carbonyl (C=O) groups excluding carboxylic acids is 3. The zero-order chi connectivity index (χ0) is 19.7. The van der Waals surface area contributed by atoms with Gasteiger partial charge in [0, 0.05) is 23.0 Å². The summed E-state index contributed by atoms with van der Waals surface area (Å²) >= 11 is 1.51. The van der Waals surface area contributed by atoms with Crippen molar-refractivity contribution in [3.8, 4) is 0 Å². The van der Waals surface area contributed by atoms with Gasteiger partial charge in [0.1, 0.15) is 0 Å². The van der Waals surface area contributed by atoms with Crippen LogP contribution >= 0.6 is 11.3 Å². The number of hydrogen-bond donors (Lipinski definition) is 1. The molecular formula is C21H22N2O4S. The molecule has 1 saturated carbocycles. The molecule has 4 rings (SSSR count). The first-order valence-electron chi connectivity index (χ1n) is 9.41. The van der Waals surface area contributed by atoms with Crippen molar-refractivity contribution in [2.75, 3.05) is 11.5 Å². The summed E-state index contributed by atoms with van der Waals surface area (Å²) < 4.78 is 5.27. The van der Waals surface area contributed by atoms with Gasteiger partial charge in [-0.05, 0) is 43.3 Å². The Kier molecular flexibility index (Phi) is 5.17. The van der Waals surface area contributed by atoms with Gasteiger partial charge in [-0.2, -0.15) is 0 Å². The van der Waals surface area contributed by atoms with E-state index in [2.05, 4.69) is 5.32 Å². The normalized spacial score (nSPS) is 21.6. The number of carbonyl (C=O) groups is 3. The number of thiophene rings is 1. The fraction of sp³-hybridized carbons (Fsp3) is 0.381. The van der Waals surface area contributed by atoms with Gasteiger partial charge in [-0.25, -0.2) is 0 Å². The van der Waals surface area contributed by atoms with Crippen LogP contribution in [0.15, 0.2) is 41.8 Å². The van der Waals surface area contributed by atoms with Gasteiger partial charge in [-0.1, -0.05) is 23.8 Å². The fourth-order valence-electron chi connectivity index (χ4n) is 3.48. The molecule has 7 heteroatoms. The van der Waals surface area contributed by atoms with E-state index in [1.807, 2.05) is 48.7 Å². The molecule has 1 saturated heterocycles. The lowest BCUT2D eigenvalue weighted by atomic mass is 9.99. The number of nitrogens with one attached hydrogen (secondary N) is 1. The highest BCUT2D eigenvalue weighted by Gasteiger charge is 2.46. The number of ether oxygens (including phenoxy) is 1. The predicted molar refractivity (Wildman–Crippen MR) is 106 cm³/mol. The Balaban J connectivity index is 1.54. The summed E-state index contributed by atoms with van der Waals surface area (Å²) in [5, 5.41) is 4.72. The molecule has 1 aliphatic heterocycles. The number of amides is 2. The number of esters is 1. The molecule has 1 aliphatic carbocycles. The minimum Gasteiger partial charge on any atom is -0.455 e. The molecule has 2 aliphatic rings. The molecule has 6 nitrogen and oxygen atoms in total. The van der Waals surface area contributed by atoms with Crippen LogP contribution in [-0.2, 0) is 19.1 Å². The van der Waals surface area contributed by atoms with E-state index in [0.29, 0.717) is 0 Å². The molecular weight excluding hydrogens is 376 g/mol. The summed E-state index contributed by atoms with van der Waals surface area (Å²) in [6.45, 7) is 1.68. The SMILES string of the molecule is Cc1ccc(N2C(=O)C[C@@H](C(=O)OCC(=O)NC3CC3)[C@@H]2c2cccs2)cc1. The summed E-state index contributed by atoms with van der Waals surface area (Å²) in [6, 6.07) is 11.3. The molecule has 2 atom stereocenters. The van der Waals surface area contributed by atoms with Crippen LogP contribution in [0.4, 0.5) is 5.69 Å². The average Bonchev–Trinajstić information content (AvgIpc) is 3.19. The third-order valence-electron chi connectivity index (χ3n) is 5.06. The first-order valence-corrected chi connectivity index (χ1v) is 10.3. The lowest BCUT2D eigenvalue weighted by Crippen LogP contribution is -2.33. The van der Waals surface area contributed by atoms with Crippen LogP contribution in [-0.4, -0.2) is 30.4 Å². The lowest BCUT2D eigenvalue weighted by Gasteiger charge is -2.27. The third kappa shape index (κ3) is 3.94. The van der Waals surface area contributed by atoms with Gasteiger partial charge in [-0.15, -0.1) is 11.3 Å². The van der Waals surface area contributed by atoms with Crippen LogP contribution in [0.25, 0.3) is 0 Å². The minimum absolute atomic E-state index is 0.0690. The van der Waals surface area contributed by atoms with E-state index in [9.17, 15) is 14.4 Å². The Labute approximate surface area is 167 Å². The quantitative estimate of drug-likeness (QED) is 0.759. The van der Waals surface area contributed by atoms with Crippen LogP contribution < -0.4 is 10.2 Å². The highest BCUT2D eigenvalue weighted by molar-refractivity contribution is 7.10. The summed E-state index contributed by atoms with van der Waals surface area (Å²) in [4.78, 5) is 40.0. The van der Waals surface area contributed by atoms with E-state index < -0.39 is 17.9 Å². The van der Waals surface area contributed by atoms with Gasteiger partial charge in [0.2, 0.25) is 5.91 Å². The zero-order valence-electron chi connectivity index (χ0n) is 15.6. The number of benzene rings is 1. The van der Waals surface area contributed by atoms with Gasteiger partial charge < -0.3 is 15.0 Å². The molecule has 1 N–H and O–H groups in total. The molecule has 2 amide bonds. The lowest BCUT2D eigenvalue weighted by molar-refractivity contribution is -0.153. The number of hydrogen-bond acceptors (Lipinski definition) is 5. The van der Waals surface area contributed by atoms with Crippen molar-refractivity contribution in [3.05, 3.63) is 52.2 Å². The van der Waals surface area contributed by atoms with E-state index in [1.165, 1.54) is 11.3 Å². The standard InChI is InChI=1S/C21H22N2O4S/c1-13-4-8-15(9-5-13)23-19(25)11-16(20(23)17-3-2-10-28-17)21(26)27-12-18(24)22-14-6-7-14/h2-5,8-10,14,16,20H,6-7,11-12H2,1H3,(H,22,24)/t16-,20-/m1/s1. The Morgan fingerprint density at radius 2 is 1.96 bits per heavy atom. The second kappa shape index (κ2) is 7.75. The Morgan fingerprint density at radius 3 is 2.61 bits per heavy atom. The van der Waals surface area contributed by atoms with Crippen molar-refractivity contribution >= 4 is 34.8 Å². The summed E-state index contributed by atoms with van der Waals surface area (Å²) in [5.41, 5.74) is 1.86. The van der Waals surface area contributed by atoms with E-state index >= 15 is 0 Å². The molecule has 1 aromatic carbocycles. The van der Waals surface area contributed by atoms with Crippen molar-refractivity contribution in [1.29, 1.82) is 0 Å². The van der Waals surface area contributed by atoms with E-state index in [0.717, 1.165) is 29.0 Å². The molecule has 2 aromatic rings. The average molecular weight is 398 g/mol. The van der Waals surface area contributed by atoms with Crippen molar-refractivity contribution < 1.29 is 19.1 Å². The molecule has 0 unspecified atom stereocenters. The van der Waals surface area contributed by atoms with E-state index in [4.69, 9.17) is 4.74 Å². The molecule has 0 bridgehead atoms. The molecule has 0 radical (unpaired) electrons. The van der Waals surface area contributed by atoms with Gasteiger partial charge in [0.05, 0.1) is 12.0 Å². The molecule has 1 aromatic heterocycles. The van der Waals surface area contributed by atoms with Crippen LogP contribution in [0.2, 0.25) is 0 Å². The molecule has 28 heavy (non-hydrogen) atoms. The topological polar surface area (TPSA) is 75.7 Å². The van der Waals surface area contributed by atoms with Crippen LogP contribution in [0.1, 0.15) is 35.7 Å². The van der Waals surface area contributed by atoms with Gasteiger partial charge in [-0.3, -0.25) is 14.4 Å². The van der Waals surface area contributed by atoms with E-state index in [1.54, 1.807) is 4.90 Å². The molecule has 146 valence electrons. The first-order chi connectivity index (χ1) is 13.5. The fourth-order valence-corrected chi connectivity index (χ4v) is 4.36. The highest BCUT2D eigenvalue weighted by Crippen LogP contribution is 2.43. The smallest absolute Gasteiger partial charge is 0.312 e. The summed E-state index contributed by atoms with van der Waals surface area (Å²) in [7, 11) is 0. The number of anilines is 1. The molecule has 0 spiro atoms. The van der Waals surface area contributed by atoms with Gasteiger partial charge in [0.15, 0.2) is 6.61 Å². The summed E-state index contributed by atoms with van der Waals surface area (Å²) in [6.07, 6.45) is 2.02. The molecule has 2 heterocycles. The van der Waals surface area contributed by atoms with Crippen LogP contribution in [0, 0.1) is 12.8 Å². The monoisotopic (exact) mass is 398 g/mol. The Hall–Kier alpha value is -2.67. The van der Waals surface area contributed by atoms with Gasteiger partial charge >= 0.3 is 5.97 Å². The maximum atomic E-state index is 12.8. The first kappa shape index (κ1) is 18.7. The zero-order valence-corrected chi connectivity index (χ0v) is 16.4. The Bertz CT molecular complexity index is 874. The third-order valence-corrected chi connectivity index (χ3v) is 6.00. The number of nitrogens with zero attached hydrogens (tertiary/aromatic N) is 1. The van der Waals surface area contributed by atoms with Crippen LogP contribution in [0.3, 0.4) is 0 Å². The molecule has 2 fully saturated rings.